The fourth-order valence-electron chi connectivity index (χ4n) is 2.31. The lowest BCUT2D eigenvalue weighted by Crippen LogP contribution is -2.19. The number of anilines is 2. The predicted octanol–water partition coefficient (Wildman–Crippen LogP) is 4.18. The molecule has 0 saturated heterocycles. The van der Waals surface area contributed by atoms with Gasteiger partial charge in [0.05, 0.1) is 6.10 Å². The molecule has 0 aromatic heterocycles. The summed E-state index contributed by atoms with van der Waals surface area (Å²) in [6.45, 7) is 3.94. The van der Waals surface area contributed by atoms with E-state index in [0.29, 0.717) is 17.9 Å². The molecule has 4 heteroatoms. The molecule has 0 heterocycles. The standard InChI is InChI=1S/C16H17F2NO/c1-3-19(13-7-4-6-12(17)10-13)15-9-5-8-14(18)16(15)11(2)20/h4-11,20H,3H2,1-2H3/t11-/m1/s1. The van der Waals surface area contributed by atoms with Crippen molar-refractivity contribution in [2.75, 3.05) is 11.4 Å². The number of aliphatic hydroxyl groups is 1. The maximum Gasteiger partial charge on any atom is 0.131 e. The van der Waals surface area contributed by atoms with Crippen molar-refractivity contribution in [1.82, 2.24) is 0 Å². The van der Waals surface area contributed by atoms with Crippen LogP contribution in [0, 0.1) is 11.6 Å². The third-order valence-electron chi connectivity index (χ3n) is 3.17. The van der Waals surface area contributed by atoms with E-state index < -0.39 is 11.9 Å². The fourth-order valence-corrected chi connectivity index (χ4v) is 2.31. The molecular formula is C16H17F2NO. The molecule has 0 aliphatic heterocycles. The van der Waals surface area contributed by atoms with Crippen LogP contribution >= 0.6 is 0 Å². The van der Waals surface area contributed by atoms with Crippen LogP contribution < -0.4 is 4.90 Å². The summed E-state index contributed by atoms with van der Waals surface area (Å²) in [7, 11) is 0. The molecule has 0 fully saturated rings. The van der Waals surface area contributed by atoms with Gasteiger partial charge in [0.1, 0.15) is 11.6 Å². The minimum atomic E-state index is -0.936. The minimum absolute atomic E-state index is 0.221. The molecular weight excluding hydrogens is 260 g/mol. The van der Waals surface area contributed by atoms with Crippen molar-refractivity contribution in [1.29, 1.82) is 0 Å². The smallest absolute Gasteiger partial charge is 0.131 e. The van der Waals surface area contributed by atoms with Gasteiger partial charge in [-0.1, -0.05) is 12.1 Å². The van der Waals surface area contributed by atoms with Gasteiger partial charge in [0, 0.05) is 23.5 Å². The zero-order valence-corrected chi connectivity index (χ0v) is 11.5. The van der Waals surface area contributed by atoms with E-state index in [1.807, 2.05) is 6.92 Å². The van der Waals surface area contributed by atoms with Gasteiger partial charge in [0.25, 0.3) is 0 Å². The molecule has 0 aliphatic rings. The molecule has 0 amide bonds. The highest BCUT2D eigenvalue weighted by molar-refractivity contribution is 5.67. The summed E-state index contributed by atoms with van der Waals surface area (Å²) < 4.78 is 27.3. The van der Waals surface area contributed by atoms with Crippen LogP contribution in [0.4, 0.5) is 20.2 Å². The molecule has 2 aromatic rings. The Morgan fingerprint density at radius 2 is 1.85 bits per heavy atom. The molecule has 106 valence electrons. The molecule has 2 aromatic carbocycles. The van der Waals surface area contributed by atoms with E-state index in [0.717, 1.165) is 0 Å². The van der Waals surface area contributed by atoms with Gasteiger partial charge in [-0.3, -0.25) is 0 Å². The first-order valence-electron chi connectivity index (χ1n) is 6.54. The second kappa shape index (κ2) is 6.01. The molecule has 0 bridgehead atoms. The first kappa shape index (κ1) is 14.5. The Morgan fingerprint density at radius 3 is 2.45 bits per heavy atom. The Hall–Kier alpha value is -1.94. The van der Waals surface area contributed by atoms with E-state index in [9.17, 15) is 13.9 Å². The predicted molar refractivity (Wildman–Crippen MR) is 76.1 cm³/mol. The number of hydrogen-bond donors (Lipinski definition) is 1. The van der Waals surface area contributed by atoms with E-state index in [4.69, 9.17) is 0 Å². The number of benzene rings is 2. The molecule has 0 radical (unpaired) electrons. The first-order chi connectivity index (χ1) is 9.54. The maximum absolute atomic E-state index is 13.9. The second-order valence-electron chi connectivity index (χ2n) is 4.57. The number of aliphatic hydroxyl groups excluding tert-OH is 1. The second-order valence-corrected chi connectivity index (χ2v) is 4.57. The maximum atomic E-state index is 13.9. The fraction of sp³-hybridized carbons (Fsp3) is 0.250. The zero-order valence-electron chi connectivity index (χ0n) is 11.5. The summed E-state index contributed by atoms with van der Waals surface area (Å²) in [4.78, 5) is 1.77. The van der Waals surface area contributed by atoms with E-state index in [2.05, 4.69) is 0 Å². The number of halogens is 2. The van der Waals surface area contributed by atoms with Gasteiger partial charge in [-0.25, -0.2) is 8.78 Å². The third kappa shape index (κ3) is 2.80. The lowest BCUT2D eigenvalue weighted by molar-refractivity contribution is 0.194. The first-order valence-corrected chi connectivity index (χ1v) is 6.54. The van der Waals surface area contributed by atoms with Gasteiger partial charge in [-0.2, -0.15) is 0 Å². The van der Waals surface area contributed by atoms with Crippen LogP contribution in [-0.4, -0.2) is 11.7 Å². The van der Waals surface area contributed by atoms with Crippen LogP contribution in [0.15, 0.2) is 42.5 Å². The van der Waals surface area contributed by atoms with Crippen molar-refractivity contribution in [3.8, 4) is 0 Å². The number of nitrogens with zero attached hydrogens (tertiary/aromatic N) is 1. The van der Waals surface area contributed by atoms with Crippen molar-refractivity contribution in [3.63, 3.8) is 0 Å². The quantitative estimate of drug-likeness (QED) is 0.906. The van der Waals surface area contributed by atoms with Gasteiger partial charge in [0.2, 0.25) is 0 Å². The Balaban J connectivity index is 2.55. The van der Waals surface area contributed by atoms with E-state index in [1.165, 1.54) is 25.1 Å². The largest absolute Gasteiger partial charge is 0.389 e. The van der Waals surface area contributed by atoms with Gasteiger partial charge in [-0.15, -0.1) is 0 Å². The van der Waals surface area contributed by atoms with Gasteiger partial charge in [0.15, 0.2) is 0 Å². The molecule has 1 atom stereocenters. The van der Waals surface area contributed by atoms with Gasteiger partial charge >= 0.3 is 0 Å². The highest BCUT2D eigenvalue weighted by Crippen LogP contribution is 2.33. The van der Waals surface area contributed by atoms with Crippen LogP contribution in [-0.2, 0) is 0 Å². The summed E-state index contributed by atoms with van der Waals surface area (Å²) in [5.41, 5.74) is 1.40. The normalized spacial score (nSPS) is 12.2. The Kier molecular flexibility index (Phi) is 4.35. The van der Waals surface area contributed by atoms with E-state index in [-0.39, 0.29) is 11.4 Å². The van der Waals surface area contributed by atoms with Crippen LogP contribution in [0.5, 0.6) is 0 Å². The Labute approximate surface area is 117 Å². The van der Waals surface area contributed by atoms with Crippen LogP contribution in [0.1, 0.15) is 25.5 Å². The topological polar surface area (TPSA) is 23.5 Å². The van der Waals surface area contributed by atoms with Gasteiger partial charge in [-0.05, 0) is 44.2 Å². The molecule has 0 saturated carbocycles. The summed E-state index contributed by atoms with van der Waals surface area (Å²) in [5.74, 6) is -0.816. The third-order valence-corrected chi connectivity index (χ3v) is 3.17. The minimum Gasteiger partial charge on any atom is -0.389 e. The molecule has 0 aliphatic carbocycles. The zero-order chi connectivity index (χ0) is 14.7. The Bertz CT molecular complexity index is 599. The van der Waals surface area contributed by atoms with Crippen LogP contribution in [0.3, 0.4) is 0 Å². The van der Waals surface area contributed by atoms with Gasteiger partial charge < -0.3 is 10.0 Å². The SMILES string of the molecule is CCN(c1cccc(F)c1)c1cccc(F)c1[C@@H](C)O. The number of hydrogen-bond acceptors (Lipinski definition) is 2. The molecule has 1 N–H and O–H groups in total. The molecule has 0 spiro atoms. The highest BCUT2D eigenvalue weighted by atomic mass is 19.1. The van der Waals surface area contributed by atoms with Crippen LogP contribution in [0.25, 0.3) is 0 Å². The van der Waals surface area contributed by atoms with Crippen molar-refractivity contribution >= 4 is 11.4 Å². The molecule has 0 unspecified atom stereocenters. The molecule has 2 nitrogen and oxygen atoms in total. The highest BCUT2D eigenvalue weighted by Gasteiger charge is 2.18. The Morgan fingerprint density at radius 1 is 1.15 bits per heavy atom. The summed E-state index contributed by atoms with van der Waals surface area (Å²) >= 11 is 0. The summed E-state index contributed by atoms with van der Waals surface area (Å²) in [6.07, 6.45) is -0.936. The molecule has 2 rings (SSSR count). The van der Waals surface area contributed by atoms with E-state index >= 15 is 0 Å². The monoisotopic (exact) mass is 277 g/mol. The summed E-state index contributed by atoms with van der Waals surface area (Å²) in [6, 6.07) is 10.7. The number of rotatable bonds is 4. The average molecular weight is 277 g/mol. The van der Waals surface area contributed by atoms with Crippen molar-refractivity contribution < 1.29 is 13.9 Å². The van der Waals surface area contributed by atoms with Crippen molar-refractivity contribution in [3.05, 3.63) is 59.7 Å². The van der Waals surface area contributed by atoms with E-state index in [1.54, 1.807) is 29.2 Å². The lowest BCUT2D eigenvalue weighted by atomic mass is 10.1. The summed E-state index contributed by atoms with van der Waals surface area (Å²) in [5, 5.41) is 9.79. The van der Waals surface area contributed by atoms with Crippen molar-refractivity contribution in [2.45, 2.75) is 20.0 Å². The average Bonchev–Trinajstić information content (AvgIpc) is 2.39. The van der Waals surface area contributed by atoms with Crippen LogP contribution in [0.2, 0.25) is 0 Å². The lowest BCUT2D eigenvalue weighted by Gasteiger charge is -2.27. The van der Waals surface area contributed by atoms with Crippen molar-refractivity contribution in [2.24, 2.45) is 0 Å². The molecule has 20 heavy (non-hydrogen) atoms.